The SMILES string of the molecule is CN(C)CC1CCN(CC(C(=O)O)c2ccccc2)CC1. The minimum atomic E-state index is -0.725. The van der Waals surface area contributed by atoms with Crippen LogP contribution in [0.5, 0.6) is 0 Å². The van der Waals surface area contributed by atoms with Crippen LogP contribution >= 0.6 is 0 Å². The van der Waals surface area contributed by atoms with Gasteiger partial charge in [0.2, 0.25) is 0 Å². The number of piperidine rings is 1. The zero-order chi connectivity index (χ0) is 15.2. The van der Waals surface area contributed by atoms with E-state index in [1.807, 2.05) is 30.3 Å². The molecular weight excluding hydrogens is 264 g/mol. The Labute approximate surface area is 127 Å². The van der Waals surface area contributed by atoms with Crippen molar-refractivity contribution in [1.29, 1.82) is 0 Å². The molecule has 1 unspecified atom stereocenters. The number of hydrogen-bond acceptors (Lipinski definition) is 3. The van der Waals surface area contributed by atoms with Crippen molar-refractivity contribution in [1.82, 2.24) is 9.80 Å². The number of carboxylic acid groups (broad SMARTS) is 1. The molecule has 21 heavy (non-hydrogen) atoms. The number of likely N-dealkylation sites (tertiary alicyclic amines) is 1. The van der Waals surface area contributed by atoms with E-state index < -0.39 is 11.9 Å². The van der Waals surface area contributed by atoms with Gasteiger partial charge in [-0.2, -0.15) is 0 Å². The van der Waals surface area contributed by atoms with Gasteiger partial charge in [0, 0.05) is 13.1 Å². The van der Waals surface area contributed by atoms with Crippen molar-refractivity contribution in [3.05, 3.63) is 35.9 Å². The molecule has 1 heterocycles. The quantitative estimate of drug-likeness (QED) is 0.871. The summed E-state index contributed by atoms with van der Waals surface area (Å²) in [6.45, 7) is 3.77. The molecule has 0 aromatic heterocycles. The van der Waals surface area contributed by atoms with Gasteiger partial charge in [0.25, 0.3) is 0 Å². The first kappa shape index (κ1) is 16.0. The molecule has 0 amide bonds. The van der Waals surface area contributed by atoms with Gasteiger partial charge in [0.05, 0.1) is 5.92 Å². The van der Waals surface area contributed by atoms with E-state index in [0.717, 1.165) is 31.1 Å². The molecule has 0 radical (unpaired) electrons. The Hall–Kier alpha value is -1.39. The Morgan fingerprint density at radius 2 is 1.90 bits per heavy atom. The van der Waals surface area contributed by atoms with Crippen LogP contribution in [0.1, 0.15) is 24.3 Å². The van der Waals surface area contributed by atoms with Crippen LogP contribution in [0.3, 0.4) is 0 Å². The molecule has 1 aromatic carbocycles. The largest absolute Gasteiger partial charge is 0.481 e. The highest BCUT2D eigenvalue weighted by Gasteiger charge is 2.26. The molecule has 0 saturated carbocycles. The first-order valence-corrected chi connectivity index (χ1v) is 7.71. The Morgan fingerprint density at radius 3 is 2.43 bits per heavy atom. The minimum Gasteiger partial charge on any atom is -0.481 e. The van der Waals surface area contributed by atoms with E-state index >= 15 is 0 Å². The maximum absolute atomic E-state index is 11.6. The van der Waals surface area contributed by atoms with Crippen molar-refractivity contribution in [2.24, 2.45) is 5.92 Å². The van der Waals surface area contributed by atoms with Gasteiger partial charge < -0.3 is 14.9 Å². The molecule has 0 bridgehead atoms. The molecule has 4 nitrogen and oxygen atoms in total. The van der Waals surface area contributed by atoms with Gasteiger partial charge in [-0.25, -0.2) is 0 Å². The number of rotatable bonds is 6. The monoisotopic (exact) mass is 290 g/mol. The molecule has 2 rings (SSSR count). The second-order valence-electron chi connectivity index (χ2n) is 6.31. The van der Waals surface area contributed by atoms with Gasteiger partial charge in [-0.3, -0.25) is 4.79 Å². The number of aliphatic carboxylic acids is 1. The summed E-state index contributed by atoms with van der Waals surface area (Å²) in [5.74, 6) is -0.399. The number of benzene rings is 1. The molecule has 1 saturated heterocycles. The van der Waals surface area contributed by atoms with E-state index in [4.69, 9.17) is 0 Å². The van der Waals surface area contributed by atoms with Gasteiger partial charge in [0.15, 0.2) is 0 Å². The second-order valence-corrected chi connectivity index (χ2v) is 6.31. The van der Waals surface area contributed by atoms with E-state index in [0.29, 0.717) is 6.54 Å². The highest BCUT2D eigenvalue weighted by Crippen LogP contribution is 2.22. The van der Waals surface area contributed by atoms with E-state index in [1.54, 1.807) is 0 Å². The number of hydrogen-bond donors (Lipinski definition) is 1. The zero-order valence-electron chi connectivity index (χ0n) is 13.0. The lowest BCUT2D eigenvalue weighted by Gasteiger charge is -2.34. The normalized spacial score (nSPS) is 18.8. The maximum Gasteiger partial charge on any atom is 0.312 e. The van der Waals surface area contributed by atoms with Crippen LogP contribution in [0.4, 0.5) is 0 Å². The van der Waals surface area contributed by atoms with Gasteiger partial charge >= 0.3 is 5.97 Å². The smallest absolute Gasteiger partial charge is 0.312 e. The van der Waals surface area contributed by atoms with Gasteiger partial charge in [0.1, 0.15) is 0 Å². The topological polar surface area (TPSA) is 43.8 Å². The van der Waals surface area contributed by atoms with Crippen LogP contribution < -0.4 is 0 Å². The summed E-state index contributed by atoms with van der Waals surface area (Å²) in [4.78, 5) is 16.1. The molecule has 4 heteroatoms. The van der Waals surface area contributed by atoms with Crippen LogP contribution in [-0.2, 0) is 4.79 Å². The molecule has 1 aliphatic rings. The lowest BCUT2D eigenvalue weighted by molar-refractivity contribution is -0.139. The number of carbonyl (C=O) groups is 1. The summed E-state index contributed by atoms with van der Waals surface area (Å²) in [6.07, 6.45) is 2.33. The highest BCUT2D eigenvalue weighted by molar-refractivity contribution is 5.76. The fourth-order valence-corrected chi connectivity index (χ4v) is 3.14. The van der Waals surface area contributed by atoms with Crippen molar-refractivity contribution >= 4 is 5.97 Å². The molecule has 1 atom stereocenters. The Balaban J connectivity index is 1.90. The molecule has 1 fully saturated rings. The zero-order valence-corrected chi connectivity index (χ0v) is 13.0. The second kappa shape index (κ2) is 7.57. The van der Waals surface area contributed by atoms with Crippen LogP contribution in [0.15, 0.2) is 30.3 Å². The first-order valence-electron chi connectivity index (χ1n) is 7.71. The average Bonchev–Trinajstić information content (AvgIpc) is 2.46. The summed E-state index contributed by atoms with van der Waals surface area (Å²) >= 11 is 0. The van der Waals surface area contributed by atoms with E-state index in [1.165, 1.54) is 12.8 Å². The van der Waals surface area contributed by atoms with Crippen molar-refractivity contribution < 1.29 is 9.90 Å². The number of nitrogens with zero attached hydrogens (tertiary/aromatic N) is 2. The summed E-state index contributed by atoms with van der Waals surface area (Å²) in [5.41, 5.74) is 0.903. The Morgan fingerprint density at radius 1 is 1.29 bits per heavy atom. The Kier molecular flexibility index (Phi) is 5.76. The fraction of sp³-hybridized carbons (Fsp3) is 0.588. The van der Waals surface area contributed by atoms with Crippen LogP contribution in [-0.4, -0.2) is 61.2 Å². The van der Waals surface area contributed by atoms with Gasteiger partial charge in [-0.15, -0.1) is 0 Å². The highest BCUT2D eigenvalue weighted by atomic mass is 16.4. The van der Waals surface area contributed by atoms with Crippen LogP contribution in [0, 0.1) is 5.92 Å². The van der Waals surface area contributed by atoms with E-state index in [-0.39, 0.29) is 0 Å². The van der Waals surface area contributed by atoms with Crippen LogP contribution in [0.25, 0.3) is 0 Å². The van der Waals surface area contributed by atoms with Gasteiger partial charge in [-0.1, -0.05) is 30.3 Å². The third kappa shape index (κ3) is 4.83. The maximum atomic E-state index is 11.6. The third-order valence-electron chi connectivity index (χ3n) is 4.27. The summed E-state index contributed by atoms with van der Waals surface area (Å²) in [6, 6.07) is 9.58. The predicted molar refractivity (Wildman–Crippen MR) is 84.5 cm³/mol. The standard InChI is InChI=1S/C17H26N2O2/c1-18(2)12-14-8-10-19(11-9-14)13-16(17(20)21)15-6-4-3-5-7-15/h3-7,14,16H,8-13H2,1-2H3,(H,20,21). The van der Waals surface area contributed by atoms with Crippen molar-refractivity contribution in [2.45, 2.75) is 18.8 Å². The summed E-state index contributed by atoms with van der Waals surface area (Å²) in [5, 5.41) is 9.49. The molecule has 1 aromatic rings. The predicted octanol–water partition coefficient (Wildman–Crippen LogP) is 2.13. The van der Waals surface area contributed by atoms with Crippen molar-refractivity contribution in [2.75, 3.05) is 40.3 Å². The third-order valence-corrected chi connectivity index (χ3v) is 4.27. The number of carboxylic acids is 1. The lowest BCUT2D eigenvalue weighted by Crippen LogP contribution is -2.40. The molecular formula is C17H26N2O2. The molecule has 116 valence electrons. The van der Waals surface area contributed by atoms with Gasteiger partial charge in [-0.05, 0) is 51.5 Å². The average molecular weight is 290 g/mol. The molecule has 0 spiro atoms. The molecule has 0 aliphatic carbocycles. The van der Waals surface area contributed by atoms with Crippen molar-refractivity contribution in [3.8, 4) is 0 Å². The van der Waals surface area contributed by atoms with E-state index in [2.05, 4.69) is 23.9 Å². The summed E-state index contributed by atoms with van der Waals surface area (Å²) in [7, 11) is 4.23. The lowest BCUT2D eigenvalue weighted by atomic mass is 9.93. The Bertz CT molecular complexity index is 439. The minimum absolute atomic E-state index is 0.420. The fourth-order valence-electron chi connectivity index (χ4n) is 3.14. The molecule has 1 N–H and O–H groups in total. The van der Waals surface area contributed by atoms with Crippen LogP contribution in [0.2, 0.25) is 0 Å². The first-order chi connectivity index (χ1) is 10.1. The van der Waals surface area contributed by atoms with Crippen molar-refractivity contribution in [3.63, 3.8) is 0 Å². The summed E-state index contributed by atoms with van der Waals surface area (Å²) < 4.78 is 0. The van der Waals surface area contributed by atoms with E-state index in [9.17, 15) is 9.90 Å². The molecule has 1 aliphatic heterocycles.